The van der Waals surface area contributed by atoms with E-state index in [1.54, 1.807) is 6.20 Å². The number of aryl methyl sites for hydroxylation is 1. The minimum absolute atomic E-state index is 0.0223. The van der Waals surface area contributed by atoms with Crippen molar-refractivity contribution in [3.8, 4) is 17.0 Å². The van der Waals surface area contributed by atoms with Crippen molar-refractivity contribution in [3.63, 3.8) is 0 Å². The summed E-state index contributed by atoms with van der Waals surface area (Å²) >= 11 is 0. The van der Waals surface area contributed by atoms with Crippen LogP contribution in [-0.2, 0) is 0 Å². The number of nitrogens with zero attached hydrogens (tertiary/aromatic N) is 5. The van der Waals surface area contributed by atoms with E-state index in [0.717, 1.165) is 59.4 Å². The van der Waals surface area contributed by atoms with E-state index < -0.39 is 0 Å². The Morgan fingerprint density at radius 1 is 1.17 bits per heavy atom. The van der Waals surface area contributed by atoms with Gasteiger partial charge in [0.2, 0.25) is 11.6 Å². The zero-order valence-corrected chi connectivity index (χ0v) is 20.2. The highest BCUT2D eigenvalue weighted by Crippen LogP contribution is 2.34. The van der Waals surface area contributed by atoms with Crippen LogP contribution in [-0.4, -0.2) is 51.1 Å². The van der Waals surface area contributed by atoms with Crippen LogP contribution in [0.3, 0.4) is 0 Å². The van der Waals surface area contributed by atoms with Gasteiger partial charge in [-0.3, -0.25) is 0 Å². The standard InChI is InChI=1S/C27H29N7O/c1-17-13-22-23(15-30-26(22)29-14-17)25-24(28-3)16-31-27(33-25)32-18(2)19-5-7-20(8-6-19)35-21-9-11-34(4)12-10-21/h5-8,13-16,18,21H,9-12H2,1-2,4H3,(H,29,30)(H,31,32,33)/t18-/m1/s1. The summed E-state index contributed by atoms with van der Waals surface area (Å²) in [5.41, 5.74) is 4.76. The Hall–Kier alpha value is -3.96. The maximum absolute atomic E-state index is 7.59. The quantitative estimate of drug-likeness (QED) is 0.363. The maximum atomic E-state index is 7.59. The van der Waals surface area contributed by atoms with Crippen molar-refractivity contribution in [1.82, 2.24) is 24.8 Å². The number of rotatable bonds is 6. The number of H-pyrrole nitrogens is 1. The Kier molecular flexibility index (Phi) is 6.34. The minimum Gasteiger partial charge on any atom is -0.490 e. The van der Waals surface area contributed by atoms with Crippen molar-refractivity contribution in [2.24, 2.45) is 0 Å². The van der Waals surface area contributed by atoms with Crippen molar-refractivity contribution in [2.75, 3.05) is 25.5 Å². The van der Waals surface area contributed by atoms with Crippen molar-refractivity contribution in [1.29, 1.82) is 0 Å². The molecule has 1 aromatic carbocycles. The van der Waals surface area contributed by atoms with Gasteiger partial charge in [-0.1, -0.05) is 12.1 Å². The molecule has 4 heterocycles. The third-order valence-electron chi connectivity index (χ3n) is 6.51. The fraction of sp³-hybridized carbons (Fsp3) is 0.333. The molecule has 1 saturated heterocycles. The number of aromatic nitrogens is 4. The van der Waals surface area contributed by atoms with Gasteiger partial charge in [-0.2, -0.15) is 0 Å². The second-order valence-corrected chi connectivity index (χ2v) is 9.21. The molecule has 0 saturated carbocycles. The van der Waals surface area contributed by atoms with E-state index in [1.165, 1.54) is 0 Å². The summed E-state index contributed by atoms with van der Waals surface area (Å²) in [6.07, 6.45) is 7.64. The third-order valence-corrected chi connectivity index (χ3v) is 6.51. The summed E-state index contributed by atoms with van der Waals surface area (Å²) < 4.78 is 6.17. The van der Waals surface area contributed by atoms with Crippen LogP contribution in [0, 0.1) is 13.5 Å². The van der Waals surface area contributed by atoms with Gasteiger partial charge in [0.25, 0.3) is 0 Å². The Bertz CT molecular complexity index is 1360. The van der Waals surface area contributed by atoms with Crippen LogP contribution in [0.25, 0.3) is 27.1 Å². The van der Waals surface area contributed by atoms with Gasteiger partial charge in [-0.05, 0) is 63.1 Å². The predicted molar refractivity (Wildman–Crippen MR) is 138 cm³/mol. The van der Waals surface area contributed by atoms with Crippen molar-refractivity contribution < 1.29 is 4.74 Å². The van der Waals surface area contributed by atoms with E-state index in [-0.39, 0.29) is 12.1 Å². The lowest BCUT2D eigenvalue weighted by atomic mass is 10.1. The van der Waals surface area contributed by atoms with Crippen molar-refractivity contribution in [2.45, 2.75) is 38.8 Å². The number of pyridine rings is 1. The van der Waals surface area contributed by atoms with E-state index in [4.69, 9.17) is 16.3 Å². The van der Waals surface area contributed by atoms with Gasteiger partial charge in [0.1, 0.15) is 17.5 Å². The number of hydrogen-bond donors (Lipinski definition) is 2. The molecule has 1 aliphatic heterocycles. The van der Waals surface area contributed by atoms with Gasteiger partial charge in [0.15, 0.2) is 0 Å². The predicted octanol–water partition coefficient (Wildman–Crippen LogP) is 5.53. The lowest BCUT2D eigenvalue weighted by molar-refractivity contribution is 0.114. The Labute approximate surface area is 205 Å². The summed E-state index contributed by atoms with van der Waals surface area (Å²) in [5.74, 6) is 1.38. The highest BCUT2D eigenvalue weighted by molar-refractivity contribution is 5.96. The summed E-state index contributed by atoms with van der Waals surface area (Å²) in [5, 5.41) is 4.32. The van der Waals surface area contributed by atoms with E-state index >= 15 is 0 Å². The van der Waals surface area contributed by atoms with Crippen LogP contribution in [0.5, 0.6) is 5.75 Å². The fourth-order valence-corrected chi connectivity index (χ4v) is 4.44. The van der Waals surface area contributed by atoms with Crippen LogP contribution in [0.1, 0.15) is 36.9 Å². The first-order chi connectivity index (χ1) is 17.0. The van der Waals surface area contributed by atoms with Gasteiger partial charge in [-0.25, -0.2) is 19.8 Å². The number of aromatic amines is 1. The average molecular weight is 468 g/mol. The van der Waals surface area contributed by atoms with E-state index in [2.05, 4.69) is 62.2 Å². The second kappa shape index (κ2) is 9.72. The minimum atomic E-state index is -0.0223. The van der Waals surface area contributed by atoms with E-state index in [0.29, 0.717) is 17.3 Å². The summed E-state index contributed by atoms with van der Waals surface area (Å²) in [4.78, 5) is 22.7. The van der Waals surface area contributed by atoms with Crippen LogP contribution in [0.2, 0.25) is 0 Å². The third kappa shape index (κ3) is 4.96. The smallest absolute Gasteiger partial charge is 0.231 e. The number of likely N-dealkylation sites (tertiary alicyclic amines) is 1. The molecule has 0 unspecified atom stereocenters. The first-order valence-electron chi connectivity index (χ1n) is 11.9. The number of hydrogen-bond acceptors (Lipinski definition) is 6. The molecule has 1 atom stereocenters. The number of nitrogens with one attached hydrogen (secondary N) is 2. The molecule has 0 spiro atoms. The zero-order valence-electron chi connectivity index (χ0n) is 20.2. The van der Waals surface area contributed by atoms with Crippen molar-refractivity contribution in [3.05, 3.63) is 71.5 Å². The number of anilines is 1. The molecule has 8 nitrogen and oxygen atoms in total. The SMILES string of the molecule is [C-]#[N+]c1cnc(N[C@H](C)c2ccc(OC3CCN(C)CC3)cc2)nc1-c1c[nH]c2ncc(C)cc12. The molecule has 4 aromatic rings. The van der Waals surface area contributed by atoms with Gasteiger partial charge in [0.05, 0.1) is 18.3 Å². The Morgan fingerprint density at radius 2 is 1.94 bits per heavy atom. The van der Waals surface area contributed by atoms with Crippen LogP contribution in [0.15, 0.2) is 48.9 Å². The maximum Gasteiger partial charge on any atom is 0.231 e. The van der Waals surface area contributed by atoms with E-state index in [1.807, 2.05) is 31.5 Å². The Morgan fingerprint density at radius 3 is 2.69 bits per heavy atom. The van der Waals surface area contributed by atoms with Gasteiger partial charge >= 0.3 is 0 Å². The normalized spacial score (nSPS) is 15.6. The average Bonchev–Trinajstić information content (AvgIpc) is 3.28. The van der Waals surface area contributed by atoms with Crippen LogP contribution >= 0.6 is 0 Å². The molecule has 1 aliphatic rings. The van der Waals surface area contributed by atoms with Gasteiger partial charge in [0, 0.05) is 42.6 Å². The molecular weight excluding hydrogens is 438 g/mol. The summed E-state index contributed by atoms with van der Waals surface area (Å²) in [7, 11) is 2.15. The molecule has 2 N–H and O–H groups in total. The molecule has 1 fully saturated rings. The topological polar surface area (TPSA) is 83.3 Å². The molecule has 3 aromatic heterocycles. The van der Waals surface area contributed by atoms with Crippen LogP contribution < -0.4 is 10.1 Å². The Balaban J connectivity index is 1.33. The molecule has 178 valence electrons. The van der Waals surface area contributed by atoms with Crippen LogP contribution in [0.4, 0.5) is 11.6 Å². The lowest BCUT2D eigenvalue weighted by Crippen LogP contribution is -2.35. The number of fused-ring (bicyclic) bond motifs is 1. The number of ether oxygens (including phenoxy) is 1. The second-order valence-electron chi connectivity index (χ2n) is 9.21. The largest absolute Gasteiger partial charge is 0.490 e. The van der Waals surface area contributed by atoms with E-state index in [9.17, 15) is 0 Å². The molecule has 8 heteroatoms. The molecule has 0 amide bonds. The molecule has 0 radical (unpaired) electrons. The number of benzene rings is 1. The summed E-state index contributed by atoms with van der Waals surface area (Å²) in [6, 6.07) is 10.2. The fourth-order valence-electron chi connectivity index (χ4n) is 4.44. The van der Waals surface area contributed by atoms with Gasteiger partial charge in [-0.15, -0.1) is 0 Å². The zero-order chi connectivity index (χ0) is 24.4. The lowest BCUT2D eigenvalue weighted by Gasteiger charge is -2.29. The molecule has 0 bridgehead atoms. The number of piperidine rings is 1. The molecular formula is C27H29N7O. The highest BCUT2D eigenvalue weighted by Gasteiger charge is 2.19. The van der Waals surface area contributed by atoms with Crippen molar-refractivity contribution >= 4 is 22.7 Å². The first-order valence-corrected chi connectivity index (χ1v) is 11.9. The highest BCUT2D eigenvalue weighted by atomic mass is 16.5. The molecule has 0 aliphatic carbocycles. The monoisotopic (exact) mass is 467 g/mol. The molecule has 35 heavy (non-hydrogen) atoms. The summed E-state index contributed by atoms with van der Waals surface area (Å²) in [6.45, 7) is 13.8. The van der Waals surface area contributed by atoms with Gasteiger partial charge < -0.3 is 19.9 Å². The first kappa shape index (κ1) is 22.8. The molecule has 5 rings (SSSR count).